The van der Waals surface area contributed by atoms with Crippen molar-refractivity contribution in [2.24, 2.45) is 5.10 Å². The molecule has 0 spiro atoms. The van der Waals surface area contributed by atoms with Crippen LogP contribution in [-0.2, 0) is 4.79 Å². The predicted octanol–water partition coefficient (Wildman–Crippen LogP) is 5.18. The molecule has 0 saturated heterocycles. The van der Waals surface area contributed by atoms with Crippen molar-refractivity contribution in [3.05, 3.63) is 105 Å². The van der Waals surface area contributed by atoms with Gasteiger partial charge in [0.1, 0.15) is 11.4 Å². The molecule has 0 radical (unpaired) electrons. The monoisotopic (exact) mass is 475 g/mol. The molecule has 164 valence electrons. The van der Waals surface area contributed by atoms with Crippen molar-refractivity contribution in [1.82, 2.24) is 10.7 Å². The van der Waals surface area contributed by atoms with Crippen LogP contribution in [0.25, 0.3) is 16.8 Å². The number of halogens is 1. The molecule has 3 N–H and O–H groups in total. The summed E-state index contributed by atoms with van der Waals surface area (Å²) < 4.78 is 0. The van der Waals surface area contributed by atoms with Crippen molar-refractivity contribution >= 4 is 57.8 Å². The van der Waals surface area contributed by atoms with Gasteiger partial charge in [0.05, 0.1) is 16.8 Å². The van der Waals surface area contributed by atoms with Crippen LogP contribution in [0, 0.1) is 0 Å². The highest BCUT2D eigenvalue weighted by Gasteiger charge is 2.16. The summed E-state index contributed by atoms with van der Waals surface area (Å²) in [6.07, 6.45) is 2.92. The van der Waals surface area contributed by atoms with Gasteiger partial charge < -0.3 is 10.4 Å². The summed E-state index contributed by atoms with van der Waals surface area (Å²) in [4.78, 5) is 26.3. The van der Waals surface area contributed by atoms with Crippen molar-refractivity contribution in [3.63, 3.8) is 0 Å². The second-order valence-electron chi connectivity index (χ2n) is 6.93. The zero-order valence-corrected chi connectivity index (χ0v) is 18.7. The van der Waals surface area contributed by atoms with Gasteiger partial charge in [-0.15, -0.1) is 11.3 Å². The van der Waals surface area contributed by atoms with Gasteiger partial charge in [0.25, 0.3) is 11.8 Å². The Labute approximate surface area is 198 Å². The number of aromatic hydroxyl groups is 1. The third kappa shape index (κ3) is 5.28. The number of nitrogens with one attached hydrogen (secondary N) is 2. The topological polar surface area (TPSA) is 90.8 Å². The van der Waals surface area contributed by atoms with Gasteiger partial charge in [-0.25, -0.2) is 5.43 Å². The summed E-state index contributed by atoms with van der Waals surface area (Å²) in [6, 6.07) is 21.1. The quantitative estimate of drug-likeness (QED) is 0.204. The van der Waals surface area contributed by atoms with Gasteiger partial charge in [-0.1, -0.05) is 60.1 Å². The predicted molar refractivity (Wildman–Crippen MR) is 133 cm³/mol. The van der Waals surface area contributed by atoms with Crippen LogP contribution < -0.4 is 10.7 Å². The second-order valence-corrected chi connectivity index (χ2v) is 8.31. The molecule has 0 aliphatic rings. The van der Waals surface area contributed by atoms with Crippen molar-refractivity contribution in [3.8, 4) is 5.75 Å². The highest BCUT2D eigenvalue weighted by atomic mass is 35.5. The largest absolute Gasteiger partial charge is 0.507 e. The van der Waals surface area contributed by atoms with Gasteiger partial charge in [-0.3, -0.25) is 9.59 Å². The maximum atomic E-state index is 12.9. The van der Waals surface area contributed by atoms with Crippen molar-refractivity contribution in [2.75, 3.05) is 0 Å². The zero-order chi connectivity index (χ0) is 23.2. The molecule has 1 heterocycles. The number of carbonyl (C=O) groups excluding carboxylic acids is 2. The van der Waals surface area contributed by atoms with Gasteiger partial charge in [0.2, 0.25) is 0 Å². The number of fused-ring (bicyclic) bond motifs is 1. The number of hydrogen-bond donors (Lipinski definition) is 3. The van der Waals surface area contributed by atoms with Crippen molar-refractivity contribution in [2.45, 2.75) is 0 Å². The average Bonchev–Trinajstić information content (AvgIpc) is 3.33. The van der Waals surface area contributed by atoms with E-state index in [-0.39, 0.29) is 22.0 Å². The van der Waals surface area contributed by atoms with E-state index in [0.29, 0.717) is 5.56 Å². The number of thiophene rings is 1. The third-order valence-corrected chi connectivity index (χ3v) is 5.90. The summed E-state index contributed by atoms with van der Waals surface area (Å²) in [5.41, 5.74) is 3.13. The second kappa shape index (κ2) is 10.1. The molecule has 0 unspecified atom stereocenters. The number of phenolic OH excluding ortho intramolecular Hbond substituents is 1. The molecule has 0 fully saturated rings. The van der Waals surface area contributed by atoms with Crippen LogP contribution in [0.3, 0.4) is 0 Å². The van der Waals surface area contributed by atoms with Crippen LogP contribution in [0.5, 0.6) is 5.75 Å². The van der Waals surface area contributed by atoms with E-state index in [1.54, 1.807) is 42.5 Å². The molecule has 3 aromatic carbocycles. The first kappa shape index (κ1) is 22.3. The summed E-state index contributed by atoms with van der Waals surface area (Å²) in [5, 5.41) is 20.7. The number of hydrogen-bond acceptors (Lipinski definition) is 5. The fraction of sp³-hybridized carbons (Fsp3) is 0. The third-order valence-electron chi connectivity index (χ3n) is 4.75. The lowest BCUT2D eigenvalue weighted by atomic mass is 10.0. The van der Waals surface area contributed by atoms with E-state index in [1.807, 2.05) is 41.8 Å². The van der Waals surface area contributed by atoms with E-state index < -0.39 is 11.8 Å². The number of phenols is 1. The van der Waals surface area contributed by atoms with Crippen LogP contribution in [-0.4, -0.2) is 23.1 Å². The molecular formula is C25H18ClN3O3S. The summed E-state index contributed by atoms with van der Waals surface area (Å²) in [5.74, 6) is -1.11. The Hall–Kier alpha value is -3.94. The minimum Gasteiger partial charge on any atom is -0.507 e. The molecule has 2 amide bonds. The first-order valence-electron chi connectivity index (χ1n) is 9.88. The summed E-state index contributed by atoms with van der Waals surface area (Å²) in [6.45, 7) is 0. The van der Waals surface area contributed by atoms with Crippen molar-refractivity contribution < 1.29 is 14.7 Å². The van der Waals surface area contributed by atoms with E-state index in [1.165, 1.54) is 17.6 Å². The van der Waals surface area contributed by atoms with Gasteiger partial charge in [0, 0.05) is 10.4 Å². The number of hydrazone groups is 1. The Kier molecular flexibility index (Phi) is 6.83. The van der Waals surface area contributed by atoms with Crippen LogP contribution in [0.4, 0.5) is 0 Å². The number of carbonyl (C=O) groups is 2. The summed E-state index contributed by atoms with van der Waals surface area (Å²) in [7, 11) is 0. The van der Waals surface area contributed by atoms with E-state index in [9.17, 15) is 14.7 Å². The molecular weight excluding hydrogens is 458 g/mol. The Bertz CT molecular complexity index is 1380. The van der Waals surface area contributed by atoms with Crippen LogP contribution in [0.2, 0.25) is 5.02 Å². The zero-order valence-electron chi connectivity index (χ0n) is 17.2. The highest BCUT2D eigenvalue weighted by Crippen LogP contribution is 2.25. The maximum Gasteiger partial charge on any atom is 0.287 e. The number of amides is 2. The van der Waals surface area contributed by atoms with Crippen LogP contribution in [0.1, 0.15) is 20.8 Å². The van der Waals surface area contributed by atoms with Crippen molar-refractivity contribution in [1.29, 1.82) is 0 Å². The normalized spacial score (nSPS) is 11.6. The standard InChI is InChI=1S/C25H18ClN3O3S/c26-21-10-4-3-9-19(21)24(31)28-22(14-17-7-5-13-33-17)25(32)29-27-15-20-18-8-2-1-6-16(18)11-12-23(20)30/h1-15,30H,(H,28,31)(H,29,32)/b22-14?,27-15+. The Morgan fingerprint density at radius 1 is 0.970 bits per heavy atom. The molecule has 0 aliphatic carbocycles. The van der Waals surface area contributed by atoms with E-state index in [4.69, 9.17) is 11.6 Å². The Morgan fingerprint density at radius 2 is 1.76 bits per heavy atom. The fourth-order valence-electron chi connectivity index (χ4n) is 3.14. The smallest absolute Gasteiger partial charge is 0.287 e. The van der Waals surface area contributed by atoms with Gasteiger partial charge >= 0.3 is 0 Å². The van der Waals surface area contributed by atoms with Gasteiger partial charge in [-0.2, -0.15) is 5.10 Å². The highest BCUT2D eigenvalue weighted by molar-refractivity contribution is 7.10. The Balaban J connectivity index is 1.57. The molecule has 1 aromatic heterocycles. The van der Waals surface area contributed by atoms with Gasteiger partial charge in [0.15, 0.2) is 0 Å². The molecule has 4 aromatic rings. The van der Waals surface area contributed by atoms with Crippen LogP contribution in [0.15, 0.2) is 89.0 Å². The molecule has 0 aliphatic heterocycles. The first-order chi connectivity index (χ1) is 16.0. The lowest BCUT2D eigenvalue weighted by Gasteiger charge is -2.10. The molecule has 0 bridgehead atoms. The van der Waals surface area contributed by atoms with Crippen LogP contribution >= 0.6 is 22.9 Å². The molecule has 33 heavy (non-hydrogen) atoms. The number of rotatable bonds is 6. The lowest BCUT2D eigenvalue weighted by Crippen LogP contribution is -2.33. The number of benzene rings is 3. The van der Waals surface area contributed by atoms with E-state index in [0.717, 1.165) is 15.6 Å². The number of nitrogens with zero attached hydrogens (tertiary/aromatic N) is 1. The molecule has 8 heteroatoms. The lowest BCUT2D eigenvalue weighted by molar-refractivity contribution is -0.117. The SMILES string of the molecule is O=C(N/N=C/c1c(O)ccc2ccccc12)C(=Cc1cccs1)NC(=O)c1ccccc1Cl. The molecule has 0 atom stereocenters. The molecule has 4 rings (SSSR count). The average molecular weight is 476 g/mol. The molecule has 0 saturated carbocycles. The minimum absolute atomic E-state index is 0.00154. The minimum atomic E-state index is -0.625. The molecule has 6 nitrogen and oxygen atoms in total. The summed E-state index contributed by atoms with van der Waals surface area (Å²) >= 11 is 7.53. The van der Waals surface area contributed by atoms with E-state index in [2.05, 4.69) is 15.8 Å². The Morgan fingerprint density at radius 3 is 2.55 bits per heavy atom. The fourth-order valence-corrected chi connectivity index (χ4v) is 4.02. The first-order valence-corrected chi connectivity index (χ1v) is 11.1. The van der Waals surface area contributed by atoms with Gasteiger partial charge in [-0.05, 0) is 46.5 Å². The maximum absolute atomic E-state index is 12.9. The van der Waals surface area contributed by atoms with E-state index >= 15 is 0 Å².